The van der Waals surface area contributed by atoms with E-state index in [1.807, 2.05) is 29.6 Å². The predicted octanol–water partition coefficient (Wildman–Crippen LogP) is 2.24. The summed E-state index contributed by atoms with van der Waals surface area (Å²) in [6.45, 7) is 0.704. The monoisotopic (exact) mass is 302 g/mol. The molecule has 0 saturated heterocycles. The van der Waals surface area contributed by atoms with Gasteiger partial charge in [0.05, 0.1) is 23.3 Å². The van der Waals surface area contributed by atoms with Crippen molar-refractivity contribution in [2.24, 2.45) is 0 Å². The standard InChI is InChI=1S/C15H18N4OS/c16-15-17-11(10-21-15)4-3-7-14-18-12-5-1-2-6-13(12)19(14)8-9-20/h1-2,5-6,10,20H,3-4,7-9H2,(H2,16,17). The van der Waals surface area contributed by atoms with E-state index in [2.05, 4.69) is 14.5 Å². The number of anilines is 1. The van der Waals surface area contributed by atoms with Crippen molar-refractivity contribution in [2.45, 2.75) is 25.8 Å². The molecule has 0 atom stereocenters. The average molecular weight is 302 g/mol. The van der Waals surface area contributed by atoms with Gasteiger partial charge in [-0.1, -0.05) is 12.1 Å². The molecule has 3 rings (SSSR count). The lowest BCUT2D eigenvalue weighted by Gasteiger charge is -2.06. The highest BCUT2D eigenvalue weighted by Crippen LogP contribution is 2.18. The maximum atomic E-state index is 9.26. The average Bonchev–Trinajstić information content (AvgIpc) is 3.04. The zero-order valence-corrected chi connectivity index (χ0v) is 12.5. The number of aliphatic hydroxyl groups excluding tert-OH is 1. The van der Waals surface area contributed by atoms with Crippen molar-refractivity contribution >= 4 is 27.5 Å². The summed E-state index contributed by atoms with van der Waals surface area (Å²) in [7, 11) is 0. The van der Waals surface area contributed by atoms with Crippen LogP contribution in [0.3, 0.4) is 0 Å². The molecule has 2 aromatic heterocycles. The third-order valence-corrected chi connectivity index (χ3v) is 4.18. The summed E-state index contributed by atoms with van der Waals surface area (Å²) in [5, 5.41) is 11.9. The highest BCUT2D eigenvalue weighted by atomic mass is 32.1. The molecule has 6 heteroatoms. The molecule has 0 saturated carbocycles. The minimum absolute atomic E-state index is 0.121. The summed E-state index contributed by atoms with van der Waals surface area (Å²) in [5.41, 5.74) is 8.75. The second kappa shape index (κ2) is 6.24. The number of benzene rings is 1. The lowest BCUT2D eigenvalue weighted by Crippen LogP contribution is -2.07. The van der Waals surface area contributed by atoms with E-state index in [1.165, 1.54) is 11.3 Å². The van der Waals surface area contributed by atoms with E-state index in [4.69, 9.17) is 5.73 Å². The molecule has 1 aromatic carbocycles. The Bertz CT molecular complexity index is 734. The molecule has 0 spiro atoms. The number of nitrogens with two attached hydrogens (primary N) is 1. The molecule has 0 bridgehead atoms. The Morgan fingerprint density at radius 2 is 2.05 bits per heavy atom. The van der Waals surface area contributed by atoms with Gasteiger partial charge in [0.15, 0.2) is 5.13 Å². The Morgan fingerprint density at radius 1 is 1.19 bits per heavy atom. The number of nitrogens with zero attached hydrogens (tertiary/aromatic N) is 3. The van der Waals surface area contributed by atoms with Gasteiger partial charge in [0.1, 0.15) is 5.82 Å². The number of aliphatic hydroxyl groups is 1. The number of aryl methyl sites for hydroxylation is 2. The van der Waals surface area contributed by atoms with Gasteiger partial charge in [0, 0.05) is 18.3 Å². The normalized spacial score (nSPS) is 11.3. The van der Waals surface area contributed by atoms with Crippen LogP contribution in [-0.2, 0) is 19.4 Å². The molecule has 3 N–H and O–H groups in total. The molecule has 0 amide bonds. The zero-order valence-electron chi connectivity index (χ0n) is 11.7. The van der Waals surface area contributed by atoms with E-state index in [9.17, 15) is 5.11 Å². The van der Waals surface area contributed by atoms with E-state index in [-0.39, 0.29) is 6.61 Å². The van der Waals surface area contributed by atoms with Crippen molar-refractivity contribution in [2.75, 3.05) is 12.3 Å². The molecule has 3 aromatic rings. The van der Waals surface area contributed by atoms with Crippen LogP contribution in [-0.4, -0.2) is 26.2 Å². The van der Waals surface area contributed by atoms with Gasteiger partial charge in [0.25, 0.3) is 0 Å². The first-order valence-electron chi connectivity index (χ1n) is 7.03. The number of nitrogen functional groups attached to an aromatic ring is 1. The molecule has 2 heterocycles. The minimum Gasteiger partial charge on any atom is -0.395 e. The van der Waals surface area contributed by atoms with Gasteiger partial charge < -0.3 is 15.4 Å². The predicted molar refractivity (Wildman–Crippen MR) is 85.4 cm³/mol. The smallest absolute Gasteiger partial charge is 0.180 e. The van der Waals surface area contributed by atoms with Crippen molar-refractivity contribution in [3.8, 4) is 0 Å². The molecular formula is C15H18N4OS. The first-order chi connectivity index (χ1) is 10.3. The first kappa shape index (κ1) is 14.0. The second-order valence-corrected chi connectivity index (χ2v) is 5.81. The van der Waals surface area contributed by atoms with Crippen LogP contribution in [0, 0.1) is 0 Å². The molecule has 0 aliphatic carbocycles. The Kier molecular flexibility index (Phi) is 4.17. The third-order valence-electron chi connectivity index (χ3n) is 3.46. The molecule has 110 valence electrons. The molecule has 21 heavy (non-hydrogen) atoms. The Morgan fingerprint density at radius 3 is 2.81 bits per heavy atom. The number of para-hydroxylation sites is 2. The fraction of sp³-hybridized carbons (Fsp3) is 0.333. The Balaban J connectivity index is 1.74. The van der Waals surface area contributed by atoms with Crippen LogP contribution >= 0.6 is 11.3 Å². The molecule has 0 fully saturated rings. The van der Waals surface area contributed by atoms with E-state index < -0.39 is 0 Å². The van der Waals surface area contributed by atoms with Gasteiger partial charge in [-0.25, -0.2) is 9.97 Å². The zero-order chi connectivity index (χ0) is 14.7. The third kappa shape index (κ3) is 3.06. The largest absolute Gasteiger partial charge is 0.395 e. The Labute approximate surface area is 127 Å². The van der Waals surface area contributed by atoms with Gasteiger partial charge in [-0.2, -0.15) is 0 Å². The number of imidazole rings is 1. The highest BCUT2D eigenvalue weighted by molar-refractivity contribution is 7.13. The summed E-state index contributed by atoms with van der Waals surface area (Å²) in [4.78, 5) is 8.95. The lowest BCUT2D eigenvalue weighted by molar-refractivity contribution is 0.276. The van der Waals surface area contributed by atoms with Crippen LogP contribution in [0.2, 0.25) is 0 Å². The van der Waals surface area contributed by atoms with Crippen molar-refractivity contribution < 1.29 is 5.11 Å². The summed E-state index contributed by atoms with van der Waals surface area (Å²) < 4.78 is 2.10. The van der Waals surface area contributed by atoms with E-state index >= 15 is 0 Å². The van der Waals surface area contributed by atoms with Gasteiger partial charge >= 0.3 is 0 Å². The van der Waals surface area contributed by atoms with Crippen molar-refractivity contribution in [1.29, 1.82) is 0 Å². The van der Waals surface area contributed by atoms with Crippen LogP contribution < -0.4 is 5.73 Å². The van der Waals surface area contributed by atoms with Crippen LogP contribution in [0.25, 0.3) is 11.0 Å². The van der Waals surface area contributed by atoms with Gasteiger partial charge in [-0.05, 0) is 25.0 Å². The maximum Gasteiger partial charge on any atom is 0.180 e. The van der Waals surface area contributed by atoms with Crippen LogP contribution in [0.5, 0.6) is 0 Å². The van der Waals surface area contributed by atoms with E-state index in [0.29, 0.717) is 11.7 Å². The molecule has 0 radical (unpaired) electrons. The SMILES string of the molecule is Nc1nc(CCCc2nc3ccccc3n2CCO)cs1. The van der Waals surface area contributed by atoms with E-state index in [0.717, 1.165) is 41.8 Å². The quantitative estimate of drug-likeness (QED) is 0.732. The number of aromatic nitrogens is 3. The van der Waals surface area contributed by atoms with Crippen molar-refractivity contribution in [1.82, 2.24) is 14.5 Å². The Hall–Kier alpha value is -1.92. The first-order valence-corrected chi connectivity index (χ1v) is 7.91. The molecule has 0 aliphatic rings. The lowest BCUT2D eigenvalue weighted by atomic mass is 10.2. The van der Waals surface area contributed by atoms with Crippen molar-refractivity contribution in [3.63, 3.8) is 0 Å². The number of fused-ring (bicyclic) bond motifs is 1. The summed E-state index contributed by atoms with van der Waals surface area (Å²) in [5.74, 6) is 1.02. The number of thiazole rings is 1. The topological polar surface area (TPSA) is 77.0 Å². The summed E-state index contributed by atoms with van der Waals surface area (Å²) >= 11 is 1.48. The number of hydrogen-bond acceptors (Lipinski definition) is 5. The second-order valence-electron chi connectivity index (χ2n) is 4.92. The molecule has 0 unspecified atom stereocenters. The van der Waals surface area contributed by atoms with Gasteiger partial charge in [0.2, 0.25) is 0 Å². The fourth-order valence-corrected chi connectivity index (χ4v) is 3.13. The molecule has 5 nitrogen and oxygen atoms in total. The van der Waals surface area contributed by atoms with Crippen LogP contribution in [0.1, 0.15) is 17.9 Å². The fourth-order valence-electron chi connectivity index (χ4n) is 2.53. The summed E-state index contributed by atoms with van der Waals surface area (Å²) in [6.07, 6.45) is 2.74. The molecular weight excluding hydrogens is 284 g/mol. The van der Waals surface area contributed by atoms with Gasteiger partial charge in [-0.3, -0.25) is 0 Å². The van der Waals surface area contributed by atoms with Crippen molar-refractivity contribution in [3.05, 3.63) is 41.2 Å². The maximum absolute atomic E-state index is 9.26. The minimum atomic E-state index is 0.121. The van der Waals surface area contributed by atoms with Gasteiger partial charge in [-0.15, -0.1) is 11.3 Å². The number of hydrogen-bond donors (Lipinski definition) is 2. The highest BCUT2D eigenvalue weighted by Gasteiger charge is 2.10. The summed E-state index contributed by atoms with van der Waals surface area (Å²) in [6, 6.07) is 8.04. The number of rotatable bonds is 6. The van der Waals surface area contributed by atoms with E-state index in [1.54, 1.807) is 0 Å². The molecule has 0 aliphatic heterocycles. The van der Waals surface area contributed by atoms with Crippen LogP contribution in [0.4, 0.5) is 5.13 Å². The van der Waals surface area contributed by atoms with Crippen LogP contribution in [0.15, 0.2) is 29.6 Å².